The molecule has 0 bridgehead atoms. The smallest absolute Gasteiger partial charge is 0.251 e. The number of rotatable bonds is 4. The van der Waals surface area contributed by atoms with Crippen LogP contribution >= 0.6 is 0 Å². The maximum absolute atomic E-state index is 13.3. The quantitative estimate of drug-likeness (QED) is 0.474. The number of fused-ring (bicyclic) bond motifs is 2. The highest BCUT2D eigenvalue weighted by Gasteiger charge is 2.13. The number of imidazole rings is 1. The summed E-state index contributed by atoms with van der Waals surface area (Å²) in [6.07, 6.45) is 1.66. The highest BCUT2D eigenvalue weighted by atomic mass is 19.2. The molecule has 6 nitrogen and oxygen atoms in total. The highest BCUT2D eigenvalue weighted by molar-refractivity contribution is 5.98. The maximum Gasteiger partial charge on any atom is 0.251 e. The summed E-state index contributed by atoms with van der Waals surface area (Å²) in [5.41, 5.74) is 3.26. The number of nitrogens with one attached hydrogen (secondary N) is 2. The molecule has 5 rings (SSSR count). The van der Waals surface area contributed by atoms with E-state index in [9.17, 15) is 13.6 Å². The summed E-state index contributed by atoms with van der Waals surface area (Å²) < 4.78 is 28.2. The van der Waals surface area contributed by atoms with Crippen LogP contribution in [0.5, 0.6) is 0 Å². The van der Waals surface area contributed by atoms with Gasteiger partial charge in [0.2, 0.25) is 0 Å². The first-order chi connectivity index (χ1) is 14.6. The molecule has 0 saturated heterocycles. The molecule has 1 amide bonds. The van der Waals surface area contributed by atoms with Crippen molar-refractivity contribution in [2.75, 3.05) is 0 Å². The lowest BCUT2D eigenvalue weighted by Crippen LogP contribution is -2.22. The summed E-state index contributed by atoms with van der Waals surface area (Å²) in [5.74, 6) is -1.47. The highest BCUT2D eigenvalue weighted by Crippen LogP contribution is 2.24. The number of amides is 1. The molecule has 2 heterocycles. The van der Waals surface area contributed by atoms with Gasteiger partial charge in [0.1, 0.15) is 6.33 Å². The lowest BCUT2D eigenvalue weighted by atomic mass is 10.1. The molecule has 0 spiro atoms. The number of para-hydroxylation sites is 1. The second-order valence-corrected chi connectivity index (χ2v) is 6.84. The van der Waals surface area contributed by atoms with Gasteiger partial charge in [-0.05, 0) is 48.0 Å². The predicted molar refractivity (Wildman–Crippen MR) is 108 cm³/mol. The molecule has 0 unspecified atom stereocenters. The molecule has 0 aliphatic carbocycles. The summed E-state index contributed by atoms with van der Waals surface area (Å²) in [5, 5.41) is 11.0. The van der Waals surface area contributed by atoms with Gasteiger partial charge in [-0.15, -0.1) is 0 Å². The zero-order chi connectivity index (χ0) is 20.7. The van der Waals surface area contributed by atoms with Crippen LogP contribution in [0.4, 0.5) is 8.78 Å². The Hall–Kier alpha value is -4.07. The lowest BCUT2D eigenvalue weighted by molar-refractivity contribution is 0.0951. The number of H-pyrrole nitrogens is 1. The van der Waals surface area contributed by atoms with E-state index in [1.807, 2.05) is 28.8 Å². The monoisotopic (exact) mass is 403 g/mol. The van der Waals surface area contributed by atoms with Gasteiger partial charge < -0.3 is 5.32 Å². The zero-order valence-electron chi connectivity index (χ0n) is 15.6. The van der Waals surface area contributed by atoms with E-state index in [0.717, 1.165) is 34.4 Å². The summed E-state index contributed by atoms with van der Waals surface area (Å²) in [6, 6.07) is 16.5. The second kappa shape index (κ2) is 7.07. The first-order valence-corrected chi connectivity index (χ1v) is 9.23. The van der Waals surface area contributed by atoms with Crippen LogP contribution in [0.15, 0.2) is 67.0 Å². The fourth-order valence-electron chi connectivity index (χ4n) is 3.39. The molecular formula is C22H15F2N5O. The third-order valence-electron chi connectivity index (χ3n) is 4.92. The van der Waals surface area contributed by atoms with Gasteiger partial charge >= 0.3 is 0 Å². The van der Waals surface area contributed by atoms with E-state index in [1.54, 1.807) is 24.5 Å². The van der Waals surface area contributed by atoms with Gasteiger partial charge in [-0.25, -0.2) is 13.8 Å². The van der Waals surface area contributed by atoms with E-state index in [2.05, 4.69) is 20.5 Å². The minimum Gasteiger partial charge on any atom is -0.348 e. The summed E-state index contributed by atoms with van der Waals surface area (Å²) >= 11 is 0. The summed E-state index contributed by atoms with van der Waals surface area (Å²) in [7, 11) is 0. The Balaban J connectivity index is 1.40. The van der Waals surface area contributed by atoms with Crippen LogP contribution < -0.4 is 5.32 Å². The third kappa shape index (κ3) is 3.08. The summed E-state index contributed by atoms with van der Waals surface area (Å²) in [6.45, 7) is 0.0851. The molecule has 2 aromatic heterocycles. The Morgan fingerprint density at radius 3 is 2.77 bits per heavy atom. The lowest BCUT2D eigenvalue weighted by Gasteiger charge is -2.06. The Kier molecular flexibility index (Phi) is 4.24. The molecule has 0 atom stereocenters. The molecule has 8 heteroatoms. The number of carbonyl (C=O) groups excluding carboxylic acids is 1. The SMILES string of the molecule is O=C(NCc1ccc(F)c(F)c1)c1ccc2c(c1)ncn2-c1n[nH]c2ccccc12. The van der Waals surface area contributed by atoms with Crippen LogP contribution in [-0.4, -0.2) is 25.7 Å². The minimum absolute atomic E-state index is 0.0851. The molecule has 0 aliphatic heterocycles. The van der Waals surface area contributed by atoms with Crippen molar-refractivity contribution in [2.45, 2.75) is 6.54 Å². The van der Waals surface area contributed by atoms with Gasteiger partial charge in [0.05, 0.1) is 16.6 Å². The topological polar surface area (TPSA) is 75.6 Å². The van der Waals surface area contributed by atoms with E-state index >= 15 is 0 Å². The first-order valence-electron chi connectivity index (χ1n) is 9.23. The van der Waals surface area contributed by atoms with Crippen molar-refractivity contribution < 1.29 is 13.6 Å². The first kappa shape index (κ1) is 18.0. The van der Waals surface area contributed by atoms with Crippen LogP contribution in [0.25, 0.3) is 27.8 Å². The Labute approximate surface area is 169 Å². The number of hydrogen-bond acceptors (Lipinski definition) is 3. The molecule has 0 fully saturated rings. The van der Waals surface area contributed by atoms with Crippen molar-refractivity contribution in [3.63, 3.8) is 0 Å². The van der Waals surface area contributed by atoms with Crippen molar-refractivity contribution in [1.82, 2.24) is 25.1 Å². The van der Waals surface area contributed by atoms with Gasteiger partial charge in [-0.3, -0.25) is 14.5 Å². The number of benzene rings is 3. The summed E-state index contributed by atoms with van der Waals surface area (Å²) in [4.78, 5) is 16.9. The van der Waals surface area contributed by atoms with Gasteiger partial charge in [0.25, 0.3) is 5.91 Å². The zero-order valence-corrected chi connectivity index (χ0v) is 15.6. The van der Waals surface area contributed by atoms with Crippen molar-refractivity contribution in [1.29, 1.82) is 0 Å². The number of hydrogen-bond donors (Lipinski definition) is 2. The Bertz CT molecular complexity index is 1410. The van der Waals surface area contributed by atoms with E-state index in [-0.39, 0.29) is 12.5 Å². The third-order valence-corrected chi connectivity index (χ3v) is 4.92. The maximum atomic E-state index is 13.3. The molecule has 5 aromatic rings. The van der Waals surface area contributed by atoms with Crippen molar-refractivity contribution >= 4 is 27.8 Å². The fraction of sp³-hybridized carbons (Fsp3) is 0.0455. The van der Waals surface area contributed by atoms with Gasteiger partial charge in [0, 0.05) is 17.5 Å². The molecule has 3 aromatic carbocycles. The number of halogens is 2. The van der Waals surface area contributed by atoms with Crippen LogP contribution in [0.3, 0.4) is 0 Å². The molecule has 0 saturated carbocycles. The average molecular weight is 403 g/mol. The van der Waals surface area contributed by atoms with Crippen molar-refractivity contribution in [2.24, 2.45) is 0 Å². The molecule has 30 heavy (non-hydrogen) atoms. The van der Waals surface area contributed by atoms with Crippen LogP contribution in [0, 0.1) is 11.6 Å². The number of aromatic amines is 1. The minimum atomic E-state index is -0.945. The standard InChI is InChI=1S/C22H15F2N5O/c23-16-7-5-13(9-17(16)24)11-25-22(30)14-6-8-20-19(10-14)26-12-29(20)21-15-3-1-2-4-18(15)27-28-21/h1-10,12H,11H2,(H,25,30)(H,27,28). The van der Waals surface area contributed by atoms with E-state index < -0.39 is 11.6 Å². The molecule has 2 N–H and O–H groups in total. The molecule has 0 radical (unpaired) electrons. The van der Waals surface area contributed by atoms with E-state index in [0.29, 0.717) is 16.6 Å². The second-order valence-electron chi connectivity index (χ2n) is 6.84. The molecular weight excluding hydrogens is 388 g/mol. The van der Waals surface area contributed by atoms with Crippen LogP contribution in [-0.2, 0) is 6.54 Å². The van der Waals surface area contributed by atoms with Crippen molar-refractivity contribution in [3.05, 3.63) is 89.8 Å². The van der Waals surface area contributed by atoms with Gasteiger partial charge in [-0.1, -0.05) is 18.2 Å². The van der Waals surface area contributed by atoms with E-state index in [4.69, 9.17) is 0 Å². The predicted octanol–water partition coefficient (Wildman–Crippen LogP) is 4.11. The Morgan fingerprint density at radius 2 is 1.90 bits per heavy atom. The van der Waals surface area contributed by atoms with Crippen LogP contribution in [0.1, 0.15) is 15.9 Å². The Morgan fingerprint density at radius 1 is 1.03 bits per heavy atom. The van der Waals surface area contributed by atoms with Crippen LogP contribution in [0.2, 0.25) is 0 Å². The number of aromatic nitrogens is 4. The molecule has 148 valence electrons. The van der Waals surface area contributed by atoms with E-state index in [1.165, 1.54) is 6.07 Å². The molecule has 0 aliphatic rings. The normalized spacial score (nSPS) is 11.3. The van der Waals surface area contributed by atoms with Crippen molar-refractivity contribution in [3.8, 4) is 5.82 Å². The van der Waals surface area contributed by atoms with Gasteiger partial charge in [-0.2, -0.15) is 5.10 Å². The number of nitrogens with zero attached hydrogens (tertiary/aromatic N) is 3. The number of carbonyl (C=O) groups is 1. The largest absolute Gasteiger partial charge is 0.348 e. The van der Waals surface area contributed by atoms with Gasteiger partial charge in [0.15, 0.2) is 17.5 Å². The fourth-order valence-corrected chi connectivity index (χ4v) is 3.39. The average Bonchev–Trinajstić information content (AvgIpc) is 3.37.